The Morgan fingerprint density at radius 3 is 3.00 bits per heavy atom. The maximum absolute atomic E-state index is 11.0. The average molecular weight is 171 g/mol. The van der Waals surface area contributed by atoms with Gasteiger partial charge in [-0.15, -0.1) is 0 Å². The predicted molar refractivity (Wildman–Crippen MR) is 43.1 cm³/mol. The normalized spacial score (nSPS) is 21.2. The van der Waals surface area contributed by atoms with Gasteiger partial charge in [-0.2, -0.15) is 0 Å². The van der Waals surface area contributed by atoms with Gasteiger partial charge in [0, 0.05) is 19.9 Å². The monoisotopic (exact) mass is 171 g/mol. The Balaban J connectivity index is 2.47. The van der Waals surface area contributed by atoms with E-state index in [9.17, 15) is 10.0 Å². The number of carbonyl (C=O) groups excluding carboxylic acids is 1. The molecule has 0 aromatic carbocycles. The Morgan fingerprint density at radius 2 is 2.42 bits per heavy atom. The van der Waals surface area contributed by atoms with Gasteiger partial charge in [0.25, 0.3) is 0 Å². The Kier molecular flexibility index (Phi) is 3.04. The van der Waals surface area contributed by atoms with Crippen LogP contribution in [0.1, 0.15) is 26.2 Å². The molecule has 12 heavy (non-hydrogen) atoms. The number of hydrogen-bond acceptors (Lipinski definition) is 4. The molecule has 0 radical (unpaired) electrons. The highest BCUT2D eigenvalue weighted by molar-refractivity contribution is 5.83. The van der Waals surface area contributed by atoms with Crippen LogP contribution in [0.15, 0.2) is 5.16 Å². The number of piperidine rings is 1. The van der Waals surface area contributed by atoms with Gasteiger partial charge in [-0.3, -0.25) is 0 Å². The minimum absolute atomic E-state index is 0.316. The van der Waals surface area contributed by atoms with Crippen molar-refractivity contribution in [1.82, 2.24) is 5.06 Å². The summed E-state index contributed by atoms with van der Waals surface area (Å²) in [6.07, 6.45) is 2.40. The lowest BCUT2D eigenvalue weighted by molar-refractivity contribution is -0.141. The SMILES string of the molecule is CC(=O)ON=C1CCCCN1[O-]. The quantitative estimate of drug-likeness (QED) is 0.433. The zero-order chi connectivity index (χ0) is 8.97. The molecule has 5 heteroatoms. The molecule has 0 aromatic rings. The van der Waals surface area contributed by atoms with Crippen LogP contribution in [-0.2, 0) is 9.63 Å². The standard InChI is InChI=1S/C7H11N2O3/c1-6(10)12-8-7-4-2-3-5-9(7)11/h2-5H2,1H3/q-1. The largest absolute Gasteiger partial charge is 0.757 e. The van der Waals surface area contributed by atoms with Crippen molar-refractivity contribution in [2.24, 2.45) is 5.16 Å². The van der Waals surface area contributed by atoms with Gasteiger partial charge in [-0.05, 0) is 12.8 Å². The molecule has 0 unspecified atom stereocenters. The lowest BCUT2D eigenvalue weighted by Gasteiger charge is -2.34. The molecule has 68 valence electrons. The van der Waals surface area contributed by atoms with Gasteiger partial charge in [0.1, 0.15) is 5.84 Å². The van der Waals surface area contributed by atoms with Gasteiger partial charge in [0.15, 0.2) is 0 Å². The molecular formula is C7H11N2O3-. The van der Waals surface area contributed by atoms with E-state index in [1.54, 1.807) is 0 Å². The Hall–Kier alpha value is -1.10. The Labute approximate surface area is 70.6 Å². The fourth-order valence-electron chi connectivity index (χ4n) is 1.00. The van der Waals surface area contributed by atoms with E-state index in [1.807, 2.05) is 0 Å². The molecule has 1 aliphatic rings. The van der Waals surface area contributed by atoms with Gasteiger partial charge in [-0.1, -0.05) is 5.16 Å². The molecule has 0 aliphatic carbocycles. The summed E-state index contributed by atoms with van der Waals surface area (Å²) in [5.41, 5.74) is 0. The van der Waals surface area contributed by atoms with Crippen molar-refractivity contribution < 1.29 is 9.63 Å². The van der Waals surface area contributed by atoms with Crippen LogP contribution in [0.3, 0.4) is 0 Å². The van der Waals surface area contributed by atoms with E-state index in [-0.39, 0.29) is 0 Å². The first-order chi connectivity index (χ1) is 5.70. The first-order valence-corrected chi connectivity index (χ1v) is 3.89. The van der Waals surface area contributed by atoms with Crippen molar-refractivity contribution in [3.8, 4) is 0 Å². The van der Waals surface area contributed by atoms with Crippen LogP contribution in [0.5, 0.6) is 0 Å². The van der Waals surface area contributed by atoms with Crippen molar-refractivity contribution in [2.75, 3.05) is 6.54 Å². The molecule has 0 saturated carbocycles. The van der Waals surface area contributed by atoms with Crippen LogP contribution in [-0.4, -0.2) is 23.4 Å². The molecule has 1 saturated heterocycles. The fourth-order valence-corrected chi connectivity index (χ4v) is 1.00. The minimum Gasteiger partial charge on any atom is -0.757 e. The second kappa shape index (κ2) is 4.06. The Morgan fingerprint density at radius 1 is 1.67 bits per heavy atom. The summed E-state index contributed by atoms with van der Waals surface area (Å²) in [5, 5.41) is 15.2. The lowest BCUT2D eigenvalue weighted by Crippen LogP contribution is -2.30. The molecule has 0 aromatic heterocycles. The predicted octanol–water partition coefficient (Wildman–Crippen LogP) is 0.847. The molecule has 1 fully saturated rings. The molecule has 0 spiro atoms. The van der Waals surface area contributed by atoms with Crippen molar-refractivity contribution in [3.63, 3.8) is 0 Å². The van der Waals surface area contributed by atoms with Crippen LogP contribution >= 0.6 is 0 Å². The number of oxime groups is 1. The third-order valence-corrected chi connectivity index (χ3v) is 1.58. The van der Waals surface area contributed by atoms with Gasteiger partial charge >= 0.3 is 5.97 Å². The summed E-state index contributed by atoms with van der Waals surface area (Å²) < 4.78 is 0. The summed E-state index contributed by atoms with van der Waals surface area (Å²) in [6, 6.07) is 0. The second-order valence-electron chi connectivity index (χ2n) is 2.65. The minimum atomic E-state index is -0.499. The zero-order valence-corrected chi connectivity index (χ0v) is 6.95. The van der Waals surface area contributed by atoms with Gasteiger partial charge in [-0.25, -0.2) is 4.79 Å². The van der Waals surface area contributed by atoms with E-state index in [1.165, 1.54) is 6.92 Å². The molecule has 0 amide bonds. The third kappa shape index (κ3) is 2.50. The van der Waals surface area contributed by atoms with Gasteiger partial charge in [0.05, 0.1) is 0 Å². The number of amidine groups is 1. The second-order valence-corrected chi connectivity index (χ2v) is 2.65. The fraction of sp³-hybridized carbons (Fsp3) is 0.714. The average Bonchev–Trinajstić information content (AvgIpc) is 2.03. The highest BCUT2D eigenvalue weighted by atomic mass is 16.7. The van der Waals surface area contributed by atoms with Crippen molar-refractivity contribution in [3.05, 3.63) is 5.21 Å². The Bertz CT molecular complexity index is 203. The molecule has 0 N–H and O–H groups in total. The van der Waals surface area contributed by atoms with E-state index in [0.29, 0.717) is 18.8 Å². The maximum Gasteiger partial charge on any atom is 0.332 e. The van der Waals surface area contributed by atoms with Crippen LogP contribution < -0.4 is 0 Å². The van der Waals surface area contributed by atoms with Crippen LogP contribution in [0.2, 0.25) is 0 Å². The summed E-state index contributed by atoms with van der Waals surface area (Å²) in [4.78, 5) is 14.7. The molecule has 1 rings (SSSR count). The third-order valence-electron chi connectivity index (χ3n) is 1.58. The van der Waals surface area contributed by atoms with Gasteiger partial charge < -0.3 is 15.1 Å². The lowest BCUT2D eigenvalue weighted by atomic mass is 10.1. The molecule has 1 heterocycles. The number of carbonyl (C=O) groups is 1. The van der Waals surface area contributed by atoms with Crippen LogP contribution in [0, 0.1) is 5.21 Å². The molecule has 5 nitrogen and oxygen atoms in total. The van der Waals surface area contributed by atoms with Crippen LogP contribution in [0.25, 0.3) is 0 Å². The van der Waals surface area contributed by atoms with Crippen molar-refractivity contribution in [2.45, 2.75) is 26.2 Å². The van der Waals surface area contributed by atoms with Crippen molar-refractivity contribution >= 4 is 11.8 Å². The summed E-state index contributed by atoms with van der Waals surface area (Å²) in [7, 11) is 0. The van der Waals surface area contributed by atoms with E-state index >= 15 is 0 Å². The zero-order valence-electron chi connectivity index (χ0n) is 6.95. The smallest absolute Gasteiger partial charge is 0.332 e. The number of hydroxylamine groups is 2. The number of rotatable bonds is 1. The first-order valence-electron chi connectivity index (χ1n) is 3.89. The number of hydrogen-bond donors (Lipinski definition) is 0. The summed E-state index contributed by atoms with van der Waals surface area (Å²) >= 11 is 0. The van der Waals surface area contributed by atoms with E-state index in [0.717, 1.165) is 17.9 Å². The first kappa shape index (κ1) is 8.99. The maximum atomic E-state index is 11.0. The molecule has 0 atom stereocenters. The number of nitrogens with zero attached hydrogens (tertiary/aromatic N) is 2. The summed E-state index contributed by atoms with van der Waals surface area (Å²) in [5.74, 6) is -0.182. The van der Waals surface area contributed by atoms with E-state index < -0.39 is 5.97 Å². The van der Waals surface area contributed by atoms with E-state index in [2.05, 4.69) is 9.99 Å². The summed E-state index contributed by atoms with van der Waals surface area (Å²) in [6.45, 7) is 1.70. The molecule has 0 bridgehead atoms. The topological polar surface area (TPSA) is 65.0 Å². The molecular weight excluding hydrogens is 160 g/mol. The van der Waals surface area contributed by atoms with Crippen LogP contribution in [0.4, 0.5) is 0 Å². The van der Waals surface area contributed by atoms with E-state index in [4.69, 9.17) is 0 Å². The highest BCUT2D eigenvalue weighted by Crippen LogP contribution is 2.10. The van der Waals surface area contributed by atoms with Crippen molar-refractivity contribution in [1.29, 1.82) is 0 Å². The van der Waals surface area contributed by atoms with Gasteiger partial charge in [0.2, 0.25) is 0 Å². The highest BCUT2D eigenvalue weighted by Gasteiger charge is 2.09. The molecule has 1 aliphatic heterocycles.